The number of carbonyl (C=O) groups excluding carboxylic acids is 1. The quantitative estimate of drug-likeness (QED) is 0.765. The van der Waals surface area contributed by atoms with Crippen molar-refractivity contribution in [1.82, 2.24) is 4.90 Å². The molecular weight excluding hydrogens is 354 g/mol. The second kappa shape index (κ2) is 7.87. The molecule has 2 aliphatic heterocycles. The van der Waals surface area contributed by atoms with Crippen LogP contribution in [0.25, 0.3) is 0 Å². The number of thioether (sulfide) groups is 1. The van der Waals surface area contributed by atoms with Crippen molar-refractivity contribution < 1.29 is 4.79 Å². The highest BCUT2D eigenvalue weighted by molar-refractivity contribution is 8.17. The number of piperidine rings is 1. The first-order valence-electron chi connectivity index (χ1n) is 9.62. The molecule has 5 heteroatoms. The SMILES string of the molecule is CC(=O)C1=NN(c2ccccc2)[C@](Cc2ccccc2)(N2CCCCC2)S1. The van der Waals surface area contributed by atoms with Crippen molar-refractivity contribution in [2.45, 2.75) is 37.6 Å². The van der Waals surface area contributed by atoms with Crippen LogP contribution in [0.15, 0.2) is 65.8 Å². The zero-order valence-electron chi connectivity index (χ0n) is 15.7. The van der Waals surface area contributed by atoms with Gasteiger partial charge in [0.15, 0.2) is 15.8 Å². The van der Waals surface area contributed by atoms with Gasteiger partial charge in [-0.3, -0.25) is 9.69 Å². The minimum absolute atomic E-state index is 0.0351. The van der Waals surface area contributed by atoms with Gasteiger partial charge in [-0.05, 0) is 30.5 Å². The van der Waals surface area contributed by atoms with E-state index in [1.165, 1.54) is 24.8 Å². The summed E-state index contributed by atoms with van der Waals surface area (Å²) in [5, 5.41) is 7.49. The van der Waals surface area contributed by atoms with E-state index >= 15 is 0 Å². The fraction of sp³-hybridized carbons (Fsp3) is 0.364. The Hall–Kier alpha value is -2.11. The Morgan fingerprint density at radius 3 is 2.26 bits per heavy atom. The van der Waals surface area contributed by atoms with Crippen LogP contribution < -0.4 is 5.01 Å². The van der Waals surface area contributed by atoms with Crippen LogP contribution in [-0.2, 0) is 11.2 Å². The lowest BCUT2D eigenvalue weighted by Crippen LogP contribution is -2.58. The average Bonchev–Trinajstić information content (AvgIpc) is 3.11. The van der Waals surface area contributed by atoms with Crippen LogP contribution in [0.2, 0.25) is 0 Å². The Labute approximate surface area is 165 Å². The number of carbonyl (C=O) groups is 1. The number of nitrogens with zero attached hydrogens (tertiary/aromatic N) is 3. The molecule has 27 heavy (non-hydrogen) atoms. The van der Waals surface area contributed by atoms with Crippen LogP contribution in [0.4, 0.5) is 5.69 Å². The van der Waals surface area contributed by atoms with Crippen molar-refractivity contribution in [2.24, 2.45) is 5.10 Å². The number of anilines is 1. The molecule has 1 fully saturated rings. The van der Waals surface area contributed by atoms with E-state index in [-0.39, 0.29) is 5.78 Å². The lowest BCUT2D eigenvalue weighted by Gasteiger charge is -2.47. The predicted octanol–water partition coefficient (Wildman–Crippen LogP) is 4.52. The third-order valence-corrected chi connectivity index (χ3v) is 6.68. The van der Waals surface area contributed by atoms with Crippen molar-refractivity contribution in [2.75, 3.05) is 18.1 Å². The van der Waals surface area contributed by atoms with Crippen molar-refractivity contribution >= 4 is 28.3 Å². The summed E-state index contributed by atoms with van der Waals surface area (Å²) in [5.74, 6) is 0.0351. The second-order valence-corrected chi connectivity index (χ2v) is 8.41. The van der Waals surface area contributed by atoms with E-state index in [2.05, 4.69) is 46.3 Å². The molecule has 4 nitrogen and oxygen atoms in total. The third-order valence-electron chi connectivity index (χ3n) is 5.21. The molecule has 2 aromatic rings. The zero-order chi connectivity index (χ0) is 18.7. The number of likely N-dealkylation sites (tertiary alicyclic amines) is 1. The number of ketones is 1. The van der Waals surface area contributed by atoms with Crippen LogP contribution in [0.1, 0.15) is 31.7 Å². The van der Waals surface area contributed by atoms with Crippen LogP contribution in [0.5, 0.6) is 0 Å². The van der Waals surface area contributed by atoms with E-state index in [4.69, 9.17) is 5.10 Å². The molecule has 0 bridgehead atoms. The highest BCUT2D eigenvalue weighted by Crippen LogP contribution is 2.46. The van der Waals surface area contributed by atoms with E-state index in [1.807, 2.05) is 24.3 Å². The molecule has 1 saturated heterocycles. The highest BCUT2D eigenvalue weighted by atomic mass is 32.2. The molecule has 0 unspecified atom stereocenters. The number of Topliss-reactive ketones (excluding diaryl/α,β-unsaturated/α-hetero) is 1. The summed E-state index contributed by atoms with van der Waals surface area (Å²) in [5.41, 5.74) is 2.29. The van der Waals surface area contributed by atoms with Gasteiger partial charge in [0.05, 0.1) is 5.69 Å². The number of hydrogen-bond donors (Lipinski definition) is 0. The molecule has 0 saturated carbocycles. The summed E-state index contributed by atoms with van der Waals surface area (Å²) in [6.07, 6.45) is 4.46. The monoisotopic (exact) mass is 379 g/mol. The minimum atomic E-state index is -0.399. The van der Waals surface area contributed by atoms with E-state index in [9.17, 15) is 4.79 Å². The molecule has 2 aliphatic rings. The van der Waals surface area contributed by atoms with Gasteiger partial charge < -0.3 is 0 Å². The van der Waals surface area contributed by atoms with Gasteiger partial charge in [-0.15, -0.1) is 0 Å². The number of hydrogen-bond acceptors (Lipinski definition) is 5. The van der Waals surface area contributed by atoms with Gasteiger partial charge in [0.2, 0.25) is 0 Å². The first-order valence-corrected chi connectivity index (χ1v) is 10.4. The Morgan fingerprint density at radius 1 is 1.00 bits per heavy atom. The van der Waals surface area contributed by atoms with Crippen LogP contribution >= 0.6 is 11.8 Å². The number of para-hydroxylation sites is 1. The fourth-order valence-electron chi connectivity index (χ4n) is 3.88. The maximum absolute atomic E-state index is 12.2. The highest BCUT2D eigenvalue weighted by Gasteiger charge is 2.50. The molecule has 140 valence electrons. The van der Waals surface area contributed by atoms with Gasteiger partial charge >= 0.3 is 0 Å². The first kappa shape index (κ1) is 18.3. The average molecular weight is 380 g/mol. The molecule has 1 atom stereocenters. The summed E-state index contributed by atoms with van der Waals surface area (Å²) < 4.78 is 0. The molecule has 0 radical (unpaired) electrons. The number of rotatable bonds is 5. The van der Waals surface area contributed by atoms with Crippen LogP contribution in [-0.4, -0.2) is 33.8 Å². The molecule has 0 amide bonds. The van der Waals surface area contributed by atoms with Gasteiger partial charge in [0.1, 0.15) is 0 Å². The Kier molecular flexibility index (Phi) is 5.32. The molecule has 0 aromatic heterocycles. The van der Waals surface area contributed by atoms with Crippen LogP contribution in [0.3, 0.4) is 0 Å². The van der Waals surface area contributed by atoms with Crippen molar-refractivity contribution in [3.05, 3.63) is 66.2 Å². The van der Waals surface area contributed by atoms with E-state index in [1.54, 1.807) is 18.7 Å². The summed E-state index contributed by atoms with van der Waals surface area (Å²) in [4.78, 5) is 14.4. The largest absolute Gasteiger partial charge is 0.292 e. The normalized spacial score (nSPS) is 23.3. The summed E-state index contributed by atoms with van der Waals surface area (Å²) in [6.45, 7) is 3.68. The van der Waals surface area contributed by atoms with Crippen molar-refractivity contribution in [1.29, 1.82) is 0 Å². The lowest BCUT2D eigenvalue weighted by molar-refractivity contribution is -0.110. The molecule has 2 aromatic carbocycles. The number of hydrazone groups is 1. The summed E-state index contributed by atoms with van der Waals surface area (Å²) >= 11 is 1.62. The first-order chi connectivity index (χ1) is 13.2. The van der Waals surface area contributed by atoms with E-state index < -0.39 is 4.99 Å². The lowest BCUT2D eigenvalue weighted by atomic mass is 10.0. The maximum Gasteiger partial charge on any atom is 0.186 e. The smallest absolute Gasteiger partial charge is 0.186 e. The van der Waals surface area contributed by atoms with Gasteiger partial charge in [-0.2, -0.15) is 5.10 Å². The molecule has 4 rings (SSSR count). The summed E-state index contributed by atoms with van der Waals surface area (Å²) in [7, 11) is 0. The minimum Gasteiger partial charge on any atom is -0.292 e. The van der Waals surface area contributed by atoms with Crippen molar-refractivity contribution in [3.8, 4) is 0 Å². The fourth-order valence-corrected chi connectivity index (χ4v) is 5.24. The third kappa shape index (κ3) is 3.66. The van der Waals surface area contributed by atoms with Crippen LogP contribution in [0, 0.1) is 0 Å². The summed E-state index contributed by atoms with van der Waals surface area (Å²) in [6, 6.07) is 20.8. The zero-order valence-corrected chi connectivity index (χ0v) is 16.5. The maximum atomic E-state index is 12.2. The van der Waals surface area contributed by atoms with E-state index in [0.717, 1.165) is 25.2 Å². The van der Waals surface area contributed by atoms with Gasteiger partial charge in [0.25, 0.3) is 0 Å². The van der Waals surface area contributed by atoms with Gasteiger partial charge in [0, 0.05) is 26.4 Å². The molecule has 0 N–H and O–H groups in total. The molecule has 0 aliphatic carbocycles. The Morgan fingerprint density at radius 2 is 1.63 bits per heavy atom. The second-order valence-electron chi connectivity index (χ2n) is 7.16. The van der Waals surface area contributed by atoms with Gasteiger partial charge in [-0.1, -0.05) is 66.7 Å². The van der Waals surface area contributed by atoms with Gasteiger partial charge in [-0.25, -0.2) is 5.01 Å². The van der Waals surface area contributed by atoms with Crippen molar-refractivity contribution in [3.63, 3.8) is 0 Å². The van der Waals surface area contributed by atoms with E-state index in [0.29, 0.717) is 5.04 Å². The molecule has 0 spiro atoms. The Bertz CT molecular complexity index is 818. The Balaban J connectivity index is 1.80. The molecular formula is C22H25N3OS. The predicted molar refractivity (Wildman–Crippen MR) is 113 cm³/mol. The molecule has 2 heterocycles. The standard InChI is InChI=1S/C22H25N3OS/c1-18(26)21-23-25(20-13-7-3-8-14-20)22(27-21,24-15-9-4-10-16-24)17-19-11-5-2-6-12-19/h2-3,5-8,11-14H,4,9-10,15-17H2,1H3/t22-/m0/s1. The number of benzene rings is 2. The topological polar surface area (TPSA) is 35.9 Å².